The van der Waals surface area contributed by atoms with Crippen LogP contribution in [0.25, 0.3) is 0 Å². The van der Waals surface area contributed by atoms with Crippen LogP contribution in [0.1, 0.15) is 24.5 Å². The summed E-state index contributed by atoms with van der Waals surface area (Å²) in [6.07, 6.45) is 0. The van der Waals surface area contributed by atoms with Gasteiger partial charge in [-0.3, -0.25) is 9.63 Å². The molecule has 1 aromatic heterocycles. The maximum Gasteiger partial charge on any atom is 0.254 e. The molecule has 15 heavy (non-hydrogen) atoms. The van der Waals surface area contributed by atoms with Gasteiger partial charge in [-0.05, 0) is 20.8 Å². The van der Waals surface area contributed by atoms with Crippen LogP contribution in [0.5, 0.6) is 0 Å². The minimum atomic E-state index is -0.398. The van der Waals surface area contributed by atoms with E-state index in [0.717, 1.165) is 10.7 Å². The zero-order chi connectivity index (χ0) is 11.1. The van der Waals surface area contributed by atoms with Gasteiger partial charge in [-0.1, -0.05) is 0 Å². The summed E-state index contributed by atoms with van der Waals surface area (Å²) < 4.78 is 0. The summed E-state index contributed by atoms with van der Waals surface area (Å²) in [5.74, 6) is 0.0353. The maximum absolute atomic E-state index is 11.8. The molecule has 1 saturated heterocycles. The predicted molar refractivity (Wildman–Crippen MR) is 57.1 cm³/mol. The third kappa shape index (κ3) is 2.03. The number of hydrogen-bond acceptors (Lipinski definition) is 4. The van der Waals surface area contributed by atoms with E-state index in [0.29, 0.717) is 13.2 Å². The Morgan fingerprint density at radius 2 is 2.40 bits per heavy atom. The van der Waals surface area contributed by atoms with E-state index in [-0.39, 0.29) is 5.91 Å². The summed E-state index contributed by atoms with van der Waals surface area (Å²) in [4.78, 5) is 21.5. The van der Waals surface area contributed by atoms with Crippen molar-refractivity contribution >= 4 is 17.2 Å². The van der Waals surface area contributed by atoms with Crippen molar-refractivity contribution in [2.75, 3.05) is 6.61 Å². The van der Waals surface area contributed by atoms with Crippen LogP contribution in [-0.2, 0) is 16.2 Å². The molecule has 0 N–H and O–H groups in total. The Balaban J connectivity index is 2.06. The Hall–Kier alpha value is -0.940. The van der Waals surface area contributed by atoms with Crippen molar-refractivity contribution in [3.05, 3.63) is 16.1 Å². The first kappa shape index (κ1) is 10.6. The summed E-state index contributed by atoms with van der Waals surface area (Å²) in [5.41, 5.74) is 0.494. The van der Waals surface area contributed by atoms with Gasteiger partial charge in [-0.2, -0.15) is 0 Å². The normalized spacial score (nSPS) is 19.9. The largest absolute Gasteiger partial charge is 0.272 e. The fourth-order valence-corrected chi connectivity index (χ4v) is 2.05. The van der Waals surface area contributed by atoms with E-state index < -0.39 is 5.41 Å². The van der Waals surface area contributed by atoms with E-state index in [2.05, 4.69) is 4.98 Å². The molecule has 1 aliphatic heterocycles. The van der Waals surface area contributed by atoms with Crippen LogP contribution in [0.3, 0.4) is 0 Å². The highest BCUT2D eigenvalue weighted by atomic mass is 32.1. The van der Waals surface area contributed by atoms with Crippen LogP contribution in [0, 0.1) is 12.3 Å². The Morgan fingerprint density at radius 3 is 2.87 bits per heavy atom. The molecular formula is C10H14N2O2S. The monoisotopic (exact) mass is 226 g/mol. The number of aromatic nitrogens is 1. The maximum atomic E-state index is 11.8. The molecule has 0 aromatic carbocycles. The van der Waals surface area contributed by atoms with Crippen molar-refractivity contribution in [3.63, 3.8) is 0 Å². The minimum absolute atomic E-state index is 0.0353. The molecule has 0 spiro atoms. The number of hydrogen-bond donors (Lipinski definition) is 0. The molecule has 0 radical (unpaired) electrons. The van der Waals surface area contributed by atoms with Gasteiger partial charge in [0.25, 0.3) is 5.91 Å². The van der Waals surface area contributed by atoms with Crippen LogP contribution >= 0.6 is 11.3 Å². The van der Waals surface area contributed by atoms with Crippen LogP contribution in [-0.4, -0.2) is 22.6 Å². The lowest BCUT2D eigenvalue weighted by Gasteiger charge is -2.14. The third-order valence-electron chi connectivity index (χ3n) is 2.36. The fourth-order valence-electron chi connectivity index (χ4n) is 1.44. The third-order valence-corrected chi connectivity index (χ3v) is 3.18. The lowest BCUT2D eigenvalue weighted by atomic mass is 9.95. The second kappa shape index (κ2) is 3.57. The topological polar surface area (TPSA) is 42.4 Å². The summed E-state index contributed by atoms with van der Waals surface area (Å²) in [6.45, 7) is 6.63. The number of amides is 1. The first-order valence-electron chi connectivity index (χ1n) is 4.85. The van der Waals surface area contributed by atoms with Crippen molar-refractivity contribution < 1.29 is 9.63 Å². The quantitative estimate of drug-likeness (QED) is 0.771. The lowest BCUT2D eigenvalue weighted by molar-refractivity contribution is -0.165. The molecule has 82 valence electrons. The number of thiazole rings is 1. The molecule has 1 amide bonds. The van der Waals surface area contributed by atoms with E-state index in [4.69, 9.17) is 4.84 Å². The van der Waals surface area contributed by atoms with Crippen LogP contribution in [0.2, 0.25) is 0 Å². The minimum Gasteiger partial charge on any atom is -0.272 e. The SMILES string of the molecule is Cc1nc(CN2OCC(C)(C)C2=O)cs1. The fraction of sp³-hybridized carbons (Fsp3) is 0.600. The average molecular weight is 226 g/mol. The standard InChI is InChI=1S/C10H14N2O2S/c1-7-11-8(5-15-7)4-12-9(13)10(2,3)6-14-12/h5H,4,6H2,1-3H3. The van der Waals surface area contributed by atoms with E-state index in [9.17, 15) is 4.79 Å². The number of nitrogens with zero attached hydrogens (tertiary/aromatic N) is 2. The zero-order valence-electron chi connectivity index (χ0n) is 9.11. The highest BCUT2D eigenvalue weighted by molar-refractivity contribution is 7.09. The van der Waals surface area contributed by atoms with Gasteiger partial charge in [0.15, 0.2) is 0 Å². The van der Waals surface area contributed by atoms with Crippen molar-refractivity contribution in [3.8, 4) is 0 Å². The summed E-state index contributed by atoms with van der Waals surface area (Å²) in [7, 11) is 0. The summed E-state index contributed by atoms with van der Waals surface area (Å²) >= 11 is 1.58. The van der Waals surface area contributed by atoms with Gasteiger partial charge < -0.3 is 0 Å². The molecule has 0 atom stereocenters. The van der Waals surface area contributed by atoms with Crippen molar-refractivity contribution in [2.45, 2.75) is 27.3 Å². The second-order valence-electron chi connectivity index (χ2n) is 4.36. The van der Waals surface area contributed by atoms with Crippen LogP contribution in [0.15, 0.2) is 5.38 Å². The molecule has 2 rings (SSSR count). The molecule has 0 bridgehead atoms. The molecule has 0 aliphatic carbocycles. The smallest absolute Gasteiger partial charge is 0.254 e. The van der Waals surface area contributed by atoms with Crippen molar-refractivity contribution in [2.24, 2.45) is 5.41 Å². The van der Waals surface area contributed by atoms with Gasteiger partial charge >= 0.3 is 0 Å². The number of carbonyl (C=O) groups is 1. The number of rotatable bonds is 2. The van der Waals surface area contributed by atoms with Crippen LogP contribution < -0.4 is 0 Å². The first-order chi connectivity index (χ1) is 6.99. The number of aryl methyl sites for hydroxylation is 1. The molecular weight excluding hydrogens is 212 g/mol. The molecule has 0 saturated carbocycles. The molecule has 1 aliphatic rings. The Kier molecular flexibility index (Phi) is 2.52. The summed E-state index contributed by atoms with van der Waals surface area (Å²) in [6, 6.07) is 0. The number of carbonyl (C=O) groups excluding carboxylic acids is 1. The van der Waals surface area contributed by atoms with Gasteiger partial charge in [0.1, 0.15) is 0 Å². The van der Waals surface area contributed by atoms with E-state index in [1.54, 1.807) is 11.3 Å². The molecule has 1 aromatic rings. The molecule has 4 nitrogen and oxygen atoms in total. The molecule has 0 unspecified atom stereocenters. The molecule has 2 heterocycles. The Bertz CT molecular complexity index is 387. The highest BCUT2D eigenvalue weighted by Crippen LogP contribution is 2.28. The molecule has 1 fully saturated rings. The highest BCUT2D eigenvalue weighted by Gasteiger charge is 2.40. The van der Waals surface area contributed by atoms with E-state index in [1.165, 1.54) is 5.06 Å². The van der Waals surface area contributed by atoms with Crippen molar-refractivity contribution in [1.29, 1.82) is 0 Å². The Labute approximate surface area is 92.8 Å². The van der Waals surface area contributed by atoms with Gasteiger partial charge in [-0.15, -0.1) is 11.3 Å². The second-order valence-corrected chi connectivity index (χ2v) is 5.42. The van der Waals surface area contributed by atoms with E-state index >= 15 is 0 Å². The van der Waals surface area contributed by atoms with Gasteiger partial charge in [-0.25, -0.2) is 10.0 Å². The average Bonchev–Trinajstić information content (AvgIpc) is 2.66. The number of hydroxylamine groups is 2. The van der Waals surface area contributed by atoms with E-state index in [1.807, 2.05) is 26.2 Å². The molecule has 5 heteroatoms. The lowest BCUT2D eigenvalue weighted by Crippen LogP contribution is -2.30. The van der Waals surface area contributed by atoms with Gasteiger partial charge in [0.2, 0.25) is 0 Å². The predicted octanol–water partition coefficient (Wildman–Crippen LogP) is 1.75. The summed E-state index contributed by atoms with van der Waals surface area (Å²) in [5, 5.41) is 4.38. The van der Waals surface area contributed by atoms with Crippen LogP contribution in [0.4, 0.5) is 0 Å². The van der Waals surface area contributed by atoms with Crippen molar-refractivity contribution in [1.82, 2.24) is 10.0 Å². The van der Waals surface area contributed by atoms with Gasteiger partial charge in [0.05, 0.1) is 29.3 Å². The first-order valence-corrected chi connectivity index (χ1v) is 5.73. The Morgan fingerprint density at radius 1 is 1.67 bits per heavy atom. The zero-order valence-corrected chi connectivity index (χ0v) is 9.93. The van der Waals surface area contributed by atoms with Gasteiger partial charge in [0, 0.05) is 5.38 Å².